The lowest BCUT2D eigenvalue weighted by molar-refractivity contribution is -0.118. The predicted octanol–water partition coefficient (Wildman–Crippen LogP) is 6.14. The second kappa shape index (κ2) is 12.2. The molecular formula is C36H47ClN4O5S. The molecule has 1 N–H and O–H groups in total. The van der Waals surface area contributed by atoms with Crippen LogP contribution in [0.25, 0.3) is 0 Å². The highest BCUT2D eigenvalue weighted by molar-refractivity contribution is 7.90. The molecule has 3 aliphatic heterocycles. The molecule has 2 aromatic rings. The van der Waals surface area contributed by atoms with Crippen molar-refractivity contribution in [2.24, 2.45) is 22.9 Å². The third kappa shape index (κ3) is 5.87. The molecular weight excluding hydrogens is 636 g/mol. The molecule has 2 aromatic carbocycles. The van der Waals surface area contributed by atoms with E-state index in [4.69, 9.17) is 21.2 Å². The molecule has 1 saturated carbocycles. The van der Waals surface area contributed by atoms with Crippen LogP contribution in [-0.2, 0) is 26.7 Å². The minimum atomic E-state index is -3.91. The fraction of sp³-hybridized carbons (Fsp3) is 0.611. The summed E-state index contributed by atoms with van der Waals surface area (Å²) in [5.41, 5.74) is 3.02. The summed E-state index contributed by atoms with van der Waals surface area (Å²) in [6.07, 6.45) is 8.24. The van der Waals surface area contributed by atoms with Crippen LogP contribution in [0.5, 0.6) is 5.75 Å². The quantitative estimate of drug-likeness (QED) is 0.356. The van der Waals surface area contributed by atoms with Crippen LogP contribution in [0.3, 0.4) is 0 Å². The van der Waals surface area contributed by atoms with Crippen LogP contribution in [-0.4, -0.2) is 69.7 Å². The number of aryl methyl sites for hydroxylation is 1. The van der Waals surface area contributed by atoms with Crippen molar-refractivity contribution in [3.05, 3.63) is 58.1 Å². The summed E-state index contributed by atoms with van der Waals surface area (Å²) in [6, 6.07) is 11.6. The summed E-state index contributed by atoms with van der Waals surface area (Å²) in [4.78, 5) is 24.5. The first-order valence-corrected chi connectivity index (χ1v) is 19.1. The van der Waals surface area contributed by atoms with Gasteiger partial charge in [0.1, 0.15) is 17.2 Å². The van der Waals surface area contributed by atoms with Gasteiger partial charge in [0.2, 0.25) is 10.0 Å². The molecule has 3 heterocycles. The fourth-order valence-electron chi connectivity index (χ4n) is 8.80. The van der Waals surface area contributed by atoms with E-state index in [-0.39, 0.29) is 11.3 Å². The maximum atomic E-state index is 13.5. The lowest BCUT2D eigenvalue weighted by Gasteiger charge is -2.49. The Morgan fingerprint density at radius 1 is 1.06 bits per heavy atom. The van der Waals surface area contributed by atoms with E-state index in [1.807, 2.05) is 44.1 Å². The fourth-order valence-corrected chi connectivity index (χ4v) is 10.3. The predicted molar refractivity (Wildman–Crippen MR) is 185 cm³/mol. The molecule has 11 heteroatoms. The zero-order valence-corrected chi connectivity index (χ0v) is 29.5. The number of fused-ring (bicyclic) bond motifs is 5. The number of halogens is 1. The maximum absolute atomic E-state index is 13.5. The average Bonchev–Trinajstić information content (AvgIpc) is 3.38. The molecule has 0 unspecified atom stereocenters. The zero-order chi connectivity index (χ0) is 33.1. The number of oxime groups is 1. The number of ether oxygens (including phenoxy) is 1. The van der Waals surface area contributed by atoms with Crippen molar-refractivity contribution in [1.29, 1.82) is 0 Å². The number of nitrogens with one attached hydrogen (secondary N) is 1. The highest BCUT2D eigenvalue weighted by atomic mass is 35.5. The number of hydrogen-bond donors (Lipinski definition) is 1. The van der Waals surface area contributed by atoms with E-state index >= 15 is 0 Å². The Balaban J connectivity index is 1.31. The average molecular weight is 683 g/mol. The van der Waals surface area contributed by atoms with Gasteiger partial charge in [-0.1, -0.05) is 29.7 Å². The number of carbonyl (C=O) groups excluding carboxylic acids is 1. The van der Waals surface area contributed by atoms with Crippen molar-refractivity contribution in [3.63, 3.8) is 0 Å². The van der Waals surface area contributed by atoms with Crippen molar-refractivity contribution >= 4 is 39.1 Å². The second-order valence-corrected chi connectivity index (χ2v) is 17.5. The molecule has 9 nitrogen and oxygen atoms in total. The number of carbonyl (C=O) groups is 1. The highest BCUT2D eigenvalue weighted by Crippen LogP contribution is 2.52. The molecule has 47 heavy (non-hydrogen) atoms. The van der Waals surface area contributed by atoms with Crippen LogP contribution in [0.15, 0.2) is 41.6 Å². The first-order chi connectivity index (χ1) is 22.4. The Hall–Kier alpha value is -2.98. The first-order valence-electron chi connectivity index (χ1n) is 17.2. The lowest BCUT2D eigenvalue weighted by atomic mass is 9.62. The summed E-state index contributed by atoms with van der Waals surface area (Å²) in [6.45, 7) is 5.68. The third-order valence-corrected chi connectivity index (χ3v) is 14.1. The minimum Gasteiger partial charge on any atom is -0.490 e. The van der Waals surface area contributed by atoms with E-state index in [0.29, 0.717) is 36.2 Å². The van der Waals surface area contributed by atoms with Crippen molar-refractivity contribution in [2.75, 3.05) is 38.7 Å². The molecule has 1 amide bonds. The Morgan fingerprint density at radius 3 is 2.64 bits per heavy atom. The molecule has 1 fully saturated rings. The number of sulfonamides is 1. The second-order valence-electron chi connectivity index (χ2n) is 15.0. The summed E-state index contributed by atoms with van der Waals surface area (Å²) in [7, 11) is 0.116. The molecule has 0 radical (unpaired) electrons. The minimum absolute atomic E-state index is 0.140. The number of benzene rings is 2. The van der Waals surface area contributed by atoms with Gasteiger partial charge in [0, 0.05) is 49.1 Å². The molecule has 6 atom stereocenters. The van der Waals surface area contributed by atoms with Crippen LogP contribution in [0.1, 0.15) is 86.7 Å². The number of rotatable bonds is 0. The molecule has 7 rings (SSSR count). The van der Waals surface area contributed by atoms with Gasteiger partial charge in [0.15, 0.2) is 0 Å². The standard InChI is InChI=1S/C36H47ClN4O5S/c1-23-7-5-16-36(19-33(38-46-36)40(3)4)30-12-9-27(30)20-41-21-35(15-6-8-25-17-28(37)11-13-29(25)35)22-45-32-14-10-26(18-31(32)41)34(42)39-47(43,44)24(23)2/h10-11,13-14,17-18,23-24,27,30H,5-9,12,15-16,19-22H2,1-4H3,(H,39,42)/t23-,24+,27-,30+,35-,36+/m0/s1. The Bertz CT molecular complexity index is 1700. The van der Waals surface area contributed by atoms with Crippen LogP contribution >= 0.6 is 11.6 Å². The Morgan fingerprint density at radius 2 is 1.89 bits per heavy atom. The van der Waals surface area contributed by atoms with Gasteiger partial charge in [0.25, 0.3) is 5.91 Å². The third-order valence-electron chi connectivity index (χ3n) is 11.9. The largest absolute Gasteiger partial charge is 0.490 e. The van der Waals surface area contributed by atoms with Gasteiger partial charge in [-0.3, -0.25) is 4.79 Å². The van der Waals surface area contributed by atoms with Crippen LogP contribution in [0.2, 0.25) is 5.02 Å². The molecule has 2 bridgehead atoms. The van der Waals surface area contributed by atoms with Gasteiger partial charge < -0.3 is 19.4 Å². The summed E-state index contributed by atoms with van der Waals surface area (Å²) in [5.74, 6) is 1.59. The van der Waals surface area contributed by atoms with Crippen molar-refractivity contribution in [1.82, 2.24) is 9.62 Å². The normalized spacial score (nSPS) is 33.3. The number of amides is 1. The SMILES string of the molecule is C[C@@H]1[C@@H](C)CCC[C@@]2(CC(N(C)C)=NO2)[C@@H]2CC[C@H]2CN2C[C@@]3(CCCc4cc(Cl)ccc43)COc3ccc(cc32)C(=O)NS1(=O)=O. The van der Waals surface area contributed by atoms with Crippen molar-refractivity contribution in [2.45, 2.75) is 87.9 Å². The lowest BCUT2D eigenvalue weighted by Crippen LogP contribution is -2.53. The highest BCUT2D eigenvalue weighted by Gasteiger charge is 2.54. The molecule has 5 aliphatic rings. The van der Waals surface area contributed by atoms with Gasteiger partial charge in [-0.05, 0) is 112 Å². The summed E-state index contributed by atoms with van der Waals surface area (Å²) < 4.78 is 35.9. The van der Waals surface area contributed by atoms with Crippen LogP contribution in [0, 0.1) is 17.8 Å². The number of nitrogens with zero attached hydrogens (tertiary/aromatic N) is 3. The van der Waals surface area contributed by atoms with Gasteiger partial charge in [0.05, 0.1) is 24.0 Å². The van der Waals surface area contributed by atoms with E-state index in [2.05, 4.69) is 26.9 Å². The van der Waals surface area contributed by atoms with E-state index in [1.165, 1.54) is 11.1 Å². The van der Waals surface area contributed by atoms with Gasteiger partial charge >= 0.3 is 0 Å². The van der Waals surface area contributed by atoms with E-state index in [1.54, 1.807) is 13.0 Å². The van der Waals surface area contributed by atoms with Crippen molar-refractivity contribution < 1.29 is 22.8 Å². The molecule has 0 aromatic heterocycles. The van der Waals surface area contributed by atoms with E-state index in [0.717, 1.165) is 81.0 Å². The zero-order valence-electron chi connectivity index (χ0n) is 27.9. The summed E-state index contributed by atoms with van der Waals surface area (Å²) in [5, 5.41) is 4.60. The number of hydrogen-bond acceptors (Lipinski definition) is 8. The molecule has 254 valence electrons. The molecule has 2 spiro atoms. The smallest absolute Gasteiger partial charge is 0.264 e. The molecule has 2 aliphatic carbocycles. The van der Waals surface area contributed by atoms with Crippen LogP contribution in [0.4, 0.5) is 5.69 Å². The first kappa shape index (κ1) is 32.6. The summed E-state index contributed by atoms with van der Waals surface area (Å²) >= 11 is 6.46. The van der Waals surface area contributed by atoms with Gasteiger partial charge in [-0.2, -0.15) is 0 Å². The number of anilines is 1. The molecule has 0 saturated heterocycles. The Kier molecular flexibility index (Phi) is 8.43. The van der Waals surface area contributed by atoms with Crippen molar-refractivity contribution in [3.8, 4) is 5.75 Å². The van der Waals surface area contributed by atoms with E-state index < -0.39 is 26.8 Å². The number of amidine groups is 1. The Labute approximate surface area is 284 Å². The van der Waals surface area contributed by atoms with Crippen LogP contribution < -0.4 is 14.4 Å². The topological polar surface area (TPSA) is 101 Å². The van der Waals surface area contributed by atoms with Gasteiger partial charge in [-0.15, -0.1) is 0 Å². The monoisotopic (exact) mass is 682 g/mol. The maximum Gasteiger partial charge on any atom is 0.264 e. The van der Waals surface area contributed by atoms with E-state index in [9.17, 15) is 13.2 Å². The van der Waals surface area contributed by atoms with Gasteiger partial charge in [-0.25, -0.2) is 13.1 Å².